The minimum Gasteiger partial charge on any atom is -0.310 e. The molecule has 0 atom stereocenters. The maximum Gasteiger partial charge on any atom is 0.167 e. The summed E-state index contributed by atoms with van der Waals surface area (Å²) in [7, 11) is 0. The van der Waals surface area contributed by atoms with Crippen molar-refractivity contribution in [2.45, 2.75) is 19.3 Å². The Morgan fingerprint density at radius 1 is 1.35 bits per heavy atom. The van der Waals surface area contributed by atoms with E-state index in [1.165, 1.54) is 18.2 Å². The van der Waals surface area contributed by atoms with Gasteiger partial charge < -0.3 is 4.57 Å². The summed E-state index contributed by atoms with van der Waals surface area (Å²) in [5, 5.41) is 8.34. The molecule has 0 fully saturated rings. The highest BCUT2D eigenvalue weighted by molar-refractivity contribution is 6.30. The molecule has 0 aliphatic heterocycles. The maximum atomic E-state index is 13.7. The normalized spacial score (nSPS) is 10.8. The van der Waals surface area contributed by atoms with E-state index in [1.807, 2.05) is 6.92 Å². The van der Waals surface area contributed by atoms with Crippen molar-refractivity contribution in [1.29, 1.82) is 0 Å². The van der Waals surface area contributed by atoms with Gasteiger partial charge in [0.2, 0.25) is 0 Å². The van der Waals surface area contributed by atoms with Crippen molar-refractivity contribution in [3.63, 3.8) is 0 Å². The van der Waals surface area contributed by atoms with E-state index in [0.717, 1.165) is 0 Å². The zero-order valence-electron chi connectivity index (χ0n) is 9.12. The summed E-state index contributed by atoms with van der Waals surface area (Å²) in [6.45, 7) is 2.54. The predicted molar refractivity (Wildman–Crippen MR) is 65.7 cm³/mol. The third-order valence-electron chi connectivity index (χ3n) is 2.43. The lowest BCUT2D eigenvalue weighted by Crippen LogP contribution is -2.02. The summed E-state index contributed by atoms with van der Waals surface area (Å²) in [6, 6.07) is 4.34. The van der Waals surface area contributed by atoms with Crippen LogP contribution in [0.1, 0.15) is 12.7 Å². The molecular weight excluding hydrogens is 264 g/mol. The highest BCUT2D eigenvalue weighted by atomic mass is 35.5. The molecule has 0 amide bonds. The number of benzene rings is 1. The van der Waals surface area contributed by atoms with Crippen LogP contribution in [0.15, 0.2) is 18.2 Å². The van der Waals surface area contributed by atoms with E-state index >= 15 is 0 Å². The molecule has 3 nitrogen and oxygen atoms in total. The number of hydrogen-bond acceptors (Lipinski definition) is 2. The minimum atomic E-state index is -0.377. The van der Waals surface area contributed by atoms with Crippen molar-refractivity contribution in [1.82, 2.24) is 14.8 Å². The number of nitrogens with zero attached hydrogens (tertiary/aromatic N) is 3. The van der Waals surface area contributed by atoms with Crippen molar-refractivity contribution in [3.8, 4) is 11.4 Å². The molecule has 0 unspecified atom stereocenters. The van der Waals surface area contributed by atoms with Gasteiger partial charge in [0.1, 0.15) is 11.6 Å². The first kappa shape index (κ1) is 12.3. The summed E-state index contributed by atoms with van der Waals surface area (Å²) in [5.74, 6) is 0.924. The first-order chi connectivity index (χ1) is 8.17. The van der Waals surface area contributed by atoms with Gasteiger partial charge in [-0.2, -0.15) is 0 Å². The predicted octanol–water partition coefficient (Wildman–Crippen LogP) is 3.50. The summed E-state index contributed by atoms with van der Waals surface area (Å²) in [6.07, 6.45) is 0. The molecule has 90 valence electrons. The zero-order valence-corrected chi connectivity index (χ0v) is 10.6. The second-order valence-corrected chi connectivity index (χ2v) is 4.15. The SMILES string of the molecule is CCn1c(CCl)nnc1-c1cc(Cl)ccc1F. The van der Waals surface area contributed by atoms with Crippen LogP contribution in [0.5, 0.6) is 0 Å². The summed E-state index contributed by atoms with van der Waals surface area (Å²) < 4.78 is 15.5. The molecule has 2 rings (SSSR count). The van der Waals surface area contributed by atoms with Gasteiger partial charge >= 0.3 is 0 Å². The molecule has 2 aromatic rings. The Morgan fingerprint density at radius 3 is 2.76 bits per heavy atom. The van der Waals surface area contributed by atoms with Crippen LogP contribution < -0.4 is 0 Å². The van der Waals surface area contributed by atoms with E-state index in [0.29, 0.717) is 28.8 Å². The fourth-order valence-electron chi connectivity index (χ4n) is 1.63. The Balaban J connectivity index is 2.59. The lowest BCUT2D eigenvalue weighted by molar-refractivity contribution is 0.626. The number of aromatic nitrogens is 3. The highest BCUT2D eigenvalue weighted by Crippen LogP contribution is 2.25. The van der Waals surface area contributed by atoms with Crippen molar-refractivity contribution in [2.24, 2.45) is 0 Å². The van der Waals surface area contributed by atoms with Crippen LogP contribution in [0.4, 0.5) is 4.39 Å². The van der Waals surface area contributed by atoms with Crippen molar-refractivity contribution in [2.75, 3.05) is 0 Å². The first-order valence-electron chi connectivity index (χ1n) is 5.10. The number of rotatable bonds is 3. The van der Waals surface area contributed by atoms with Gasteiger partial charge in [0.25, 0.3) is 0 Å². The van der Waals surface area contributed by atoms with Gasteiger partial charge in [0.05, 0.1) is 11.4 Å². The van der Waals surface area contributed by atoms with Crippen LogP contribution in [0.25, 0.3) is 11.4 Å². The van der Waals surface area contributed by atoms with Gasteiger partial charge in [0.15, 0.2) is 5.82 Å². The smallest absolute Gasteiger partial charge is 0.167 e. The average Bonchev–Trinajstić information content (AvgIpc) is 2.74. The van der Waals surface area contributed by atoms with E-state index in [-0.39, 0.29) is 11.7 Å². The lowest BCUT2D eigenvalue weighted by Gasteiger charge is -2.07. The third-order valence-corrected chi connectivity index (χ3v) is 2.91. The molecule has 1 heterocycles. The van der Waals surface area contributed by atoms with E-state index in [4.69, 9.17) is 23.2 Å². The molecule has 0 saturated carbocycles. The summed E-state index contributed by atoms with van der Waals surface area (Å²) in [4.78, 5) is 0. The minimum absolute atomic E-state index is 0.239. The molecule has 0 radical (unpaired) electrons. The van der Waals surface area contributed by atoms with E-state index in [1.54, 1.807) is 4.57 Å². The van der Waals surface area contributed by atoms with Gasteiger partial charge in [-0.05, 0) is 25.1 Å². The Kier molecular flexibility index (Phi) is 3.64. The maximum absolute atomic E-state index is 13.7. The molecule has 0 spiro atoms. The molecule has 1 aromatic carbocycles. The fourth-order valence-corrected chi connectivity index (χ4v) is 2.00. The molecule has 0 bridgehead atoms. The molecule has 0 saturated heterocycles. The Bertz CT molecular complexity index is 540. The van der Waals surface area contributed by atoms with Crippen molar-refractivity contribution < 1.29 is 4.39 Å². The lowest BCUT2D eigenvalue weighted by atomic mass is 10.2. The zero-order chi connectivity index (χ0) is 12.4. The van der Waals surface area contributed by atoms with Gasteiger partial charge in [-0.1, -0.05) is 11.6 Å². The summed E-state index contributed by atoms with van der Waals surface area (Å²) >= 11 is 11.6. The molecule has 1 aromatic heterocycles. The van der Waals surface area contributed by atoms with Crippen molar-refractivity contribution >= 4 is 23.2 Å². The monoisotopic (exact) mass is 273 g/mol. The molecular formula is C11H10Cl2FN3. The number of halogens is 3. The molecule has 17 heavy (non-hydrogen) atoms. The standard InChI is InChI=1S/C11H10Cl2FN3/c1-2-17-10(6-12)15-16-11(17)8-5-7(13)3-4-9(8)14/h3-5H,2,6H2,1H3. The average molecular weight is 274 g/mol. The fraction of sp³-hybridized carbons (Fsp3) is 0.273. The van der Waals surface area contributed by atoms with Crippen LogP contribution >= 0.6 is 23.2 Å². The Labute approximate surface area is 108 Å². The first-order valence-corrected chi connectivity index (χ1v) is 6.02. The van der Waals surface area contributed by atoms with Gasteiger partial charge in [0, 0.05) is 11.6 Å². The quantitative estimate of drug-likeness (QED) is 0.802. The van der Waals surface area contributed by atoms with Crippen LogP contribution in [0.2, 0.25) is 5.02 Å². The molecule has 6 heteroatoms. The second kappa shape index (κ2) is 5.02. The van der Waals surface area contributed by atoms with Crippen molar-refractivity contribution in [3.05, 3.63) is 34.9 Å². The van der Waals surface area contributed by atoms with E-state index in [9.17, 15) is 4.39 Å². The van der Waals surface area contributed by atoms with Crippen LogP contribution in [-0.4, -0.2) is 14.8 Å². The topological polar surface area (TPSA) is 30.7 Å². The van der Waals surface area contributed by atoms with Crippen LogP contribution in [0, 0.1) is 5.82 Å². The summed E-state index contributed by atoms with van der Waals surface area (Å²) in [5.41, 5.74) is 0.336. The van der Waals surface area contributed by atoms with Gasteiger partial charge in [-0.25, -0.2) is 4.39 Å². The third kappa shape index (κ3) is 2.28. The van der Waals surface area contributed by atoms with Gasteiger partial charge in [-0.3, -0.25) is 0 Å². The number of hydrogen-bond donors (Lipinski definition) is 0. The van der Waals surface area contributed by atoms with Gasteiger partial charge in [-0.15, -0.1) is 21.8 Å². The van der Waals surface area contributed by atoms with Crippen LogP contribution in [0.3, 0.4) is 0 Å². The van der Waals surface area contributed by atoms with Crippen LogP contribution in [-0.2, 0) is 12.4 Å². The Hall–Kier alpha value is -1.13. The number of alkyl halides is 1. The largest absolute Gasteiger partial charge is 0.310 e. The van der Waals surface area contributed by atoms with E-state index < -0.39 is 0 Å². The molecule has 0 aliphatic rings. The van der Waals surface area contributed by atoms with E-state index in [2.05, 4.69) is 10.2 Å². The highest BCUT2D eigenvalue weighted by Gasteiger charge is 2.15. The second-order valence-electron chi connectivity index (χ2n) is 3.44. The molecule has 0 aliphatic carbocycles. The molecule has 0 N–H and O–H groups in total. The Morgan fingerprint density at radius 2 is 2.12 bits per heavy atom.